The molecule has 0 atom stereocenters. The molecule has 1 aliphatic rings. The van der Waals surface area contributed by atoms with Crippen LogP contribution in [-0.2, 0) is 24.3 Å². The highest BCUT2D eigenvalue weighted by Gasteiger charge is 2.33. The summed E-state index contributed by atoms with van der Waals surface area (Å²) < 4.78 is 29.7. The highest BCUT2D eigenvalue weighted by atomic mass is 32.2. The monoisotopic (exact) mass is 293 g/mol. The van der Waals surface area contributed by atoms with Crippen LogP contribution in [0.15, 0.2) is 0 Å². The molecule has 0 aromatic heterocycles. The maximum atomic E-state index is 12.1. The van der Waals surface area contributed by atoms with Crippen molar-refractivity contribution in [2.75, 3.05) is 19.4 Å². The van der Waals surface area contributed by atoms with Gasteiger partial charge in [-0.2, -0.15) is 4.31 Å². The van der Waals surface area contributed by atoms with E-state index in [0.29, 0.717) is 12.8 Å². The predicted molar refractivity (Wildman–Crippen MR) is 67.0 cm³/mol. The highest BCUT2D eigenvalue weighted by Crippen LogP contribution is 2.25. The van der Waals surface area contributed by atoms with Crippen LogP contribution in [0.1, 0.15) is 32.1 Å². The van der Waals surface area contributed by atoms with Crippen molar-refractivity contribution in [2.45, 2.75) is 38.1 Å². The summed E-state index contributed by atoms with van der Waals surface area (Å²) >= 11 is 0. The lowest BCUT2D eigenvalue weighted by molar-refractivity contribution is -0.140. The number of sulfonamides is 1. The van der Waals surface area contributed by atoms with E-state index in [2.05, 4.69) is 4.74 Å². The second kappa shape index (κ2) is 6.85. The van der Waals surface area contributed by atoms with Crippen LogP contribution in [0.2, 0.25) is 0 Å². The first-order valence-corrected chi connectivity index (χ1v) is 7.76. The topological polar surface area (TPSA) is 101 Å². The van der Waals surface area contributed by atoms with Gasteiger partial charge in [0, 0.05) is 6.04 Å². The fraction of sp³-hybridized carbons (Fsp3) is 0.818. The van der Waals surface area contributed by atoms with Crippen molar-refractivity contribution in [2.24, 2.45) is 0 Å². The van der Waals surface area contributed by atoms with E-state index in [0.717, 1.165) is 17.1 Å². The van der Waals surface area contributed by atoms with Crippen molar-refractivity contribution in [3.8, 4) is 0 Å². The minimum atomic E-state index is -3.75. The standard InChI is InChI=1S/C11H19NO6S/c1-18-11(15)6-7-19(16,17)12(8-10(13)14)9-4-2-3-5-9/h9H,2-8H2,1H3,(H,13,14). The Kier molecular flexibility index (Phi) is 5.74. The molecule has 110 valence electrons. The Morgan fingerprint density at radius 1 is 1.32 bits per heavy atom. The third-order valence-electron chi connectivity index (χ3n) is 3.17. The number of hydrogen-bond donors (Lipinski definition) is 1. The Hall–Kier alpha value is -1.15. The van der Waals surface area contributed by atoms with Gasteiger partial charge in [0.25, 0.3) is 0 Å². The lowest BCUT2D eigenvalue weighted by Gasteiger charge is -2.26. The minimum absolute atomic E-state index is 0.262. The SMILES string of the molecule is COC(=O)CCS(=O)(=O)N(CC(=O)O)C1CCCC1. The molecule has 7 nitrogen and oxygen atoms in total. The van der Waals surface area contributed by atoms with Crippen LogP contribution in [0.25, 0.3) is 0 Å². The number of methoxy groups -OCH3 is 1. The van der Waals surface area contributed by atoms with Crippen LogP contribution >= 0.6 is 0 Å². The van der Waals surface area contributed by atoms with Gasteiger partial charge in [-0.1, -0.05) is 12.8 Å². The Morgan fingerprint density at radius 3 is 2.37 bits per heavy atom. The average molecular weight is 293 g/mol. The molecule has 0 saturated heterocycles. The molecule has 0 aromatic rings. The van der Waals surface area contributed by atoms with Gasteiger partial charge in [-0.05, 0) is 12.8 Å². The Labute approximate surface area is 112 Å². The highest BCUT2D eigenvalue weighted by molar-refractivity contribution is 7.89. The third kappa shape index (κ3) is 4.79. The number of rotatable bonds is 7. The van der Waals surface area contributed by atoms with Gasteiger partial charge in [0.2, 0.25) is 10.0 Å². The van der Waals surface area contributed by atoms with E-state index >= 15 is 0 Å². The third-order valence-corrected chi connectivity index (χ3v) is 5.03. The molecule has 0 aliphatic heterocycles. The van der Waals surface area contributed by atoms with E-state index in [-0.39, 0.29) is 12.5 Å². The average Bonchev–Trinajstić information content (AvgIpc) is 2.86. The summed E-state index contributed by atoms with van der Waals surface area (Å²) in [5, 5.41) is 8.83. The molecule has 19 heavy (non-hydrogen) atoms. The molecule has 1 aliphatic carbocycles. The van der Waals surface area contributed by atoms with Gasteiger partial charge in [-0.3, -0.25) is 9.59 Å². The Balaban J connectivity index is 2.76. The zero-order valence-electron chi connectivity index (χ0n) is 10.9. The lowest BCUT2D eigenvalue weighted by Crippen LogP contribution is -2.43. The van der Waals surface area contributed by atoms with Gasteiger partial charge in [0.05, 0.1) is 19.3 Å². The van der Waals surface area contributed by atoms with E-state index in [1.165, 1.54) is 7.11 Å². The van der Waals surface area contributed by atoms with E-state index < -0.39 is 34.3 Å². The number of carbonyl (C=O) groups excluding carboxylic acids is 1. The summed E-state index contributed by atoms with van der Waals surface area (Å²) in [6, 6.07) is -0.265. The minimum Gasteiger partial charge on any atom is -0.480 e. The molecule has 0 aromatic carbocycles. The molecule has 0 heterocycles. The summed E-state index contributed by atoms with van der Waals surface area (Å²) in [5.41, 5.74) is 0. The van der Waals surface area contributed by atoms with Crippen LogP contribution < -0.4 is 0 Å². The molecule has 0 radical (unpaired) electrons. The first kappa shape index (κ1) is 15.9. The zero-order valence-corrected chi connectivity index (χ0v) is 11.7. The van der Waals surface area contributed by atoms with E-state index in [1.54, 1.807) is 0 Å². The van der Waals surface area contributed by atoms with Gasteiger partial charge in [0.1, 0.15) is 6.54 Å². The fourth-order valence-electron chi connectivity index (χ4n) is 2.21. The number of aliphatic carboxylic acids is 1. The molecule has 8 heteroatoms. The zero-order chi connectivity index (χ0) is 14.5. The molecule has 1 saturated carbocycles. The van der Waals surface area contributed by atoms with Crippen molar-refractivity contribution < 1.29 is 27.9 Å². The number of ether oxygens (including phenoxy) is 1. The lowest BCUT2D eigenvalue weighted by atomic mass is 10.2. The summed E-state index contributed by atoms with van der Waals surface area (Å²) in [4.78, 5) is 21.8. The van der Waals surface area contributed by atoms with Crippen LogP contribution in [0.4, 0.5) is 0 Å². The number of carboxylic acid groups (broad SMARTS) is 1. The normalized spacial score (nSPS) is 16.7. The second-order valence-electron chi connectivity index (χ2n) is 4.52. The van der Waals surface area contributed by atoms with Gasteiger partial charge in [-0.15, -0.1) is 0 Å². The van der Waals surface area contributed by atoms with Crippen molar-refractivity contribution in [3.05, 3.63) is 0 Å². The van der Waals surface area contributed by atoms with Gasteiger partial charge >= 0.3 is 11.9 Å². The summed E-state index contributed by atoms with van der Waals surface area (Å²) in [7, 11) is -2.57. The van der Waals surface area contributed by atoms with Gasteiger partial charge < -0.3 is 9.84 Å². The summed E-state index contributed by atoms with van der Waals surface area (Å²) in [6.45, 7) is -0.547. The molecule has 1 rings (SSSR count). The number of carbonyl (C=O) groups is 2. The van der Waals surface area contributed by atoms with Crippen molar-refractivity contribution in [1.29, 1.82) is 0 Å². The first-order valence-electron chi connectivity index (χ1n) is 6.15. The maximum absolute atomic E-state index is 12.1. The molecule has 1 N–H and O–H groups in total. The van der Waals surface area contributed by atoms with E-state index in [9.17, 15) is 18.0 Å². The number of nitrogens with zero attached hydrogens (tertiary/aromatic N) is 1. The van der Waals surface area contributed by atoms with Crippen LogP contribution in [0.5, 0.6) is 0 Å². The van der Waals surface area contributed by atoms with E-state index in [1.807, 2.05) is 0 Å². The van der Waals surface area contributed by atoms with Crippen molar-refractivity contribution >= 4 is 22.0 Å². The van der Waals surface area contributed by atoms with Crippen LogP contribution in [0.3, 0.4) is 0 Å². The smallest absolute Gasteiger partial charge is 0.318 e. The van der Waals surface area contributed by atoms with Crippen LogP contribution in [0, 0.1) is 0 Å². The van der Waals surface area contributed by atoms with E-state index in [4.69, 9.17) is 5.11 Å². The number of carboxylic acids is 1. The maximum Gasteiger partial charge on any atom is 0.318 e. The van der Waals surface area contributed by atoms with Crippen molar-refractivity contribution in [1.82, 2.24) is 4.31 Å². The fourth-order valence-corrected chi connectivity index (χ4v) is 3.84. The molecule has 0 amide bonds. The largest absolute Gasteiger partial charge is 0.480 e. The van der Waals surface area contributed by atoms with Gasteiger partial charge in [0.15, 0.2) is 0 Å². The molecule has 0 spiro atoms. The first-order chi connectivity index (χ1) is 8.86. The predicted octanol–water partition coefficient (Wildman–Crippen LogP) is 0.208. The Bertz CT molecular complexity index is 426. The molecule has 0 bridgehead atoms. The Morgan fingerprint density at radius 2 is 1.89 bits per heavy atom. The second-order valence-corrected chi connectivity index (χ2v) is 6.56. The number of hydrogen-bond acceptors (Lipinski definition) is 5. The quantitative estimate of drug-likeness (QED) is 0.673. The molecular weight excluding hydrogens is 274 g/mol. The molecular formula is C11H19NO6S. The van der Waals surface area contributed by atoms with Crippen LogP contribution in [-0.4, -0.2) is 55.2 Å². The molecule has 0 unspecified atom stereocenters. The van der Waals surface area contributed by atoms with Gasteiger partial charge in [-0.25, -0.2) is 8.42 Å². The van der Waals surface area contributed by atoms with Crippen molar-refractivity contribution in [3.63, 3.8) is 0 Å². The molecule has 1 fully saturated rings. The summed E-state index contributed by atoms with van der Waals surface area (Å²) in [5.74, 6) is -2.22. The summed E-state index contributed by atoms with van der Waals surface area (Å²) in [6.07, 6.45) is 2.87. The number of esters is 1.